The topological polar surface area (TPSA) is 195 Å². The third-order valence-electron chi connectivity index (χ3n) is 9.45. The Morgan fingerprint density at radius 1 is 0.906 bits per heavy atom. The lowest BCUT2D eigenvalue weighted by molar-refractivity contribution is -0.130. The molecule has 0 saturated heterocycles. The van der Waals surface area contributed by atoms with Crippen LogP contribution in [-0.4, -0.2) is 97.6 Å². The Morgan fingerprint density at radius 3 is 2.38 bits per heavy atom. The van der Waals surface area contributed by atoms with Crippen LogP contribution in [0.1, 0.15) is 47.2 Å². The van der Waals surface area contributed by atoms with Gasteiger partial charge in [-0.05, 0) is 109 Å². The zero-order chi connectivity index (χ0) is 37.4. The Kier molecular flexibility index (Phi) is 15.0. The van der Waals surface area contributed by atoms with E-state index in [1.807, 2.05) is 43.3 Å². The summed E-state index contributed by atoms with van der Waals surface area (Å²) in [7, 11) is 1.62. The van der Waals surface area contributed by atoms with Crippen LogP contribution in [0.2, 0.25) is 0 Å². The van der Waals surface area contributed by atoms with Crippen LogP contribution in [0.15, 0.2) is 66.7 Å². The first-order chi connectivity index (χ1) is 25.8. The van der Waals surface area contributed by atoms with Crippen molar-refractivity contribution in [1.29, 1.82) is 0 Å². The van der Waals surface area contributed by atoms with Crippen molar-refractivity contribution >= 4 is 23.4 Å². The highest BCUT2D eigenvalue weighted by Crippen LogP contribution is 2.29. The van der Waals surface area contributed by atoms with Crippen molar-refractivity contribution in [3.05, 3.63) is 83.4 Å². The van der Waals surface area contributed by atoms with E-state index in [1.54, 1.807) is 37.4 Å². The zero-order valence-electron chi connectivity index (χ0n) is 30.4. The fraction of sp³-hybridized carbons (Fsp3) is 0.436. The Hall–Kier alpha value is -5.02. The summed E-state index contributed by atoms with van der Waals surface area (Å²) in [6.45, 7) is 5.30. The number of hydrogen-bond acceptors (Lipinski definition) is 10. The molecule has 1 aromatic heterocycles. The van der Waals surface area contributed by atoms with Crippen LogP contribution in [0.5, 0.6) is 0 Å². The summed E-state index contributed by atoms with van der Waals surface area (Å²) in [5.41, 5.74) is 11.4. The molecule has 14 nitrogen and oxygen atoms in total. The average molecular weight is 727 g/mol. The lowest BCUT2D eigenvalue weighted by Crippen LogP contribution is -2.48. The summed E-state index contributed by atoms with van der Waals surface area (Å²) >= 11 is 0. The van der Waals surface area contributed by atoms with Crippen molar-refractivity contribution in [2.75, 3.05) is 58.6 Å². The van der Waals surface area contributed by atoms with E-state index >= 15 is 0 Å². The monoisotopic (exact) mass is 726 g/mol. The van der Waals surface area contributed by atoms with Crippen molar-refractivity contribution in [2.24, 2.45) is 17.6 Å². The maximum absolute atomic E-state index is 13.8. The highest BCUT2D eigenvalue weighted by atomic mass is 16.5. The van der Waals surface area contributed by atoms with Gasteiger partial charge in [-0.2, -0.15) is 5.21 Å². The lowest BCUT2D eigenvalue weighted by Gasteiger charge is -2.28. The third-order valence-corrected chi connectivity index (χ3v) is 9.45. The molecule has 282 valence electrons. The first kappa shape index (κ1) is 39.2. The summed E-state index contributed by atoms with van der Waals surface area (Å²) in [6, 6.07) is 19.7. The van der Waals surface area contributed by atoms with E-state index in [4.69, 9.17) is 19.9 Å². The molecule has 6 N–H and O–H groups in total. The first-order valence-electron chi connectivity index (χ1n) is 18.1. The molecule has 0 bridgehead atoms. The number of amides is 3. The van der Waals surface area contributed by atoms with Gasteiger partial charge in [-0.25, -0.2) is 0 Å². The minimum Gasteiger partial charge on any atom is -0.382 e. The molecule has 1 unspecified atom stereocenters. The predicted molar refractivity (Wildman–Crippen MR) is 201 cm³/mol. The molecule has 3 amide bonds. The summed E-state index contributed by atoms with van der Waals surface area (Å²) in [5.74, 6) is 0.0481. The van der Waals surface area contributed by atoms with Crippen LogP contribution in [0.25, 0.3) is 22.5 Å². The SMILES string of the molecule is COCCOCCOCCNC(=O)c1cccc(-c2cc(CC(NC(=O)C3CCC(CN)CC3)C(=O)Nc3ccc(-c4nn[nH]n4)cc3)ccc2C)c1. The van der Waals surface area contributed by atoms with Crippen molar-refractivity contribution in [3.8, 4) is 22.5 Å². The Bertz CT molecular complexity index is 1760. The van der Waals surface area contributed by atoms with Gasteiger partial charge in [0, 0.05) is 42.8 Å². The van der Waals surface area contributed by atoms with E-state index in [9.17, 15) is 14.4 Å². The molecule has 0 aliphatic heterocycles. The summed E-state index contributed by atoms with van der Waals surface area (Å²) in [5, 5.41) is 23.0. The Morgan fingerprint density at radius 2 is 1.66 bits per heavy atom. The number of aromatic amines is 1. The number of nitrogens with zero attached hydrogens (tertiary/aromatic N) is 3. The van der Waals surface area contributed by atoms with E-state index in [2.05, 4.69) is 36.6 Å². The number of hydrogen-bond donors (Lipinski definition) is 5. The second-order valence-corrected chi connectivity index (χ2v) is 13.2. The van der Waals surface area contributed by atoms with Gasteiger partial charge in [-0.3, -0.25) is 14.4 Å². The molecule has 53 heavy (non-hydrogen) atoms. The molecule has 1 aliphatic carbocycles. The standard InChI is InChI=1S/C39H50N8O6/c1-26-6-7-28(22-34(26)31-4-3-5-32(24-31)37(48)41-16-17-52-20-21-53-19-18-51-2)23-35(43-38(49)30-10-8-27(25-40)9-11-30)39(50)42-33-14-12-29(13-15-33)36-44-46-47-45-36/h3-7,12-15,22,24,27,30,35H,8-11,16-21,23,25,40H2,1-2H3,(H,41,48)(H,42,50)(H,43,49)(H,44,45,46,47). The van der Waals surface area contributed by atoms with Gasteiger partial charge in [0.2, 0.25) is 17.6 Å². The highest BCUT2D eigenvalue weighted by Gasteiger charge is 2.29. The predicted octanol–water partition coefficient (Wildman–Crippen LogP) is 3.68. The minimum atomic E-state index is -0.835. The van der Waals surface area contributed by atoms with Gasteiger partial charge in [-0.1, -0.05) is 30.3 Å². The van der Waals surface area contributed by atoms with Gasteiger partial charge < -0.3 is 35.9 Å². The molecule has 1 heterocycles. The molecule has 1 aliphatic rings. The quantitative estimate of drug-likeness (QED) is 0.0890. The number of benzene rings is 3. The smallest absolute Gasteiger partial charge is 0.251 e. The molecule has 0 spiro atoms. The normalized spacial score (nSPS) is 16.1. The van der Waals surface area contributed by atoms with Crippen molar-refractivity contribution in [1.82, 2.24) is 31.3 Å². The number of ether oxygens (including phenoxy) is 3. The maximum atomic E-state index is 13.8. The average Bonchev–Trinajstić information content (AvgIpc) is 3.73. The third kappa shape index (κ3) is 11.7. The maximum Gasteiger partial charge on any atom is 0.251 e. The number of H-pyrrole nitrogens is 1. The fourth-order valence-electron chi connectivity index (χ4n) is 6.35. The van der Waals surface area contributed by atoms with Crippen LogP contribution in [0.4, 0.5) is 5.69 Å². The number of anilines is 1. The van der Waals surface area contributed by atoms with E-state index in [0.717, 1.165) is 53.5 Å². The Balaban J connectivity index is 1.26. The van der Waals surface area contributed by atoms with Crippen LogP contribution in [0.3, 0.4) is 0 Å². The number of methoxy groups -OCH3 is 1. The van der Waals surface area contributed by atoms with E-state index in [1.165, 1.54) is 0 Å². The van der Waals surface area contributed by atoms with Gasteiger partial charge in [-0.15, -0.1) is 10.2 Å². The number of aromatic nitrogens is 4. The van der Waals surface area contributed by atoms with Gasteiger partial charge >= 0.3 is 0 Å². The summed E-state index contributed by atoms with van der Waals surface area (Å²) in [4.78, 5) is 40.4. The molecule has 3 aromatic carbocycles. The number of aryl methyl sites for hydroxylation is 1. The van der Waals surface area contributed by atoms with E-state index in [-0.39, 0.29) is 30.1 Å². The largest absolute Gasteiger partial charge is 0.382 e. The molecule has 4 aromatic rings. The van der Waals surface area contributed by atoms with E-state index in [0.29, 0.717) is 69.1 Å². The summed E-state index contributed by atoms with van der Waals surface area (Å²) < 4.78 is 15.9. The van der Waals surface area contributed by atoms with Crippen LogP contribution < -0.4 is 21.7 Å². The van der Waals surface area contributed by atoms with Crippen molar-refractivity contribution < 1.29 is 28.6 Å². The van der Waals surface area contributed by atoms with Crippen LogP contribution in [0, 0.1) is 18.8 Å². The number of carbonyl (C=O) groups is 3. The Labute approximate surface area is 309 Å². The van der Waals surface area contributed by atoms with Crippen molar-refractivity contribution in [2.45, 2.75) is 45.1 Å². The molecular weight excluding hydrogens is 676 g/mol. The molecule has 1 fully saturated rings. The number of nitrogens with two attached hydrogens (primary N) is 1. The van der Waals surface area contributed by atoms with E-state index < -0.39 is 6.04 Å². The fourth-order valence-corrected chi connectivity index (χ4v) is 6.35. The lowest BCUT2D eigenvalue weighted by atomic mass is 9.81. The second kappa shape index (κ2) is 20.3. The number of nitrogens with one attached hydrogen (secondary N) is 4. The number of carbonyl (C=O) groups excluding carboxylic acids is 3. The molecular formula is C39H50N8O6. The van der Waals surface area contributed by atoms with Crippen LogP contribution >= 0.6 is 0 Å². The van der Waals surface area contributed by atoms with Crippen molar-refractivity contribution in [3.63, 3.8) is 0 Å². The van der Waals surface area contributed by atoms with Gasteiger partial charge in [0.1, 0.15) is 6.04 Å². The molecule has 1 saturated carbocycles. The zero-order valence-corrected chi connectivity index (χ0v) is 30.4. The van der Waals surface area contributed by atoms with Gasteiger partial charge in [0.15, 0.2) is 0 Å². The van der Waals surface area contributed by atoms with Gasteiger partial charge in [0.05, 0.1) is 33.0 Å². The van der Waals surface area contributed by atoms with Gasteiger partial charge in [0.25, 0.3) is 5.91 Å². The van der Waals surface area contributed by atoms with Crippen LogP contribution in [-0.2, 0) is 30.2 Å². The first-order valence-corrected chi connectivity index (χ1v) is 18.1. The molecule has 0 radical (unpaired) electrons. The highest BCUT2D eigenvalue weighted by molar-refractivity contribution is 5.98. The number of rotatable bonds is 19. The molecule has 1 atom stereocenters. The minimum absolute atomic E-state index is 0.125. The number of tetrazole rings is 1. The molecule has 5 rings (SSSR count). The second-order valence-electron chi connectivity index (χ2n) is 13.2. The molecule has 14 heteroatoms. The summed E-state index contributed by atoms with van der Waals surface area (Å²) in [6.07, 6.45) is 3.55.